The van der Waals surface area contributed by atoms with Gasteiger partial charge in [0.15, 0.2) is 0 Å². The lowest BCUT2D eigenvalue weighted by Gasteiger charge is -1.86. The summed E-state index contributed by atoms with van der Waals surface area (Å²) in [5.41, 5.74) is 9.07. The first-order valence-electron chi connectivity index (χ1n) is 3.23. The number of carboxylic acids is 1. The Morgan fingerprint density at radius 1 is 1.23 bits per heavy atom. The van der Waals surface area contributed by atoms with Crippen LogP contribution in [0.4, 0.5) is 4.79 Å². The highest BCUT2D eigenvalue weighted by molar-refractivity contribution is 5.79. The van der Waals surface area contributed by atoms with Gasteiger partial charge in [0, 0.05) is 6.42 Å². The zero-order valence-electron chi connectivity index (χ0n) is 7.15. The number of methoxy groups -OCH3 is 1. The molecule has 0 aromatic rings. The lowest BCUT2D eigenvalue weighted by Crippen LogP contribution is -2.12. The van der Waals surface area contributed by atoms with Crippen LogP contribution in [0, 0.1) is 0 Å². The fourth-order valence-corrected chi connectivity index (χ4v) is 0.230. The minimum atomic E-state index is -0.996. The first kappa shape index (κ1) is 13.8. The molecule has 76 valence electrons. The molecule has 5 N–H and O–H groups in total. The quantitative estimate of drug-likeness (QED) is 0.530. The van der Waals surface area contributed by atoms with E-state index in [0.29, 0.717) is 0 Å². The zero-order valence-corrected chi connectivity index (χ0v) is 7.15. The lowest BCUT2D eigenvalue weighted by molar-refractivity contribution is -0.138. The number of ether oxygens (including phenoxy) is 1. The van der Waals surface area contributed by atoms with E-state index in [1.165, 1.54) is 7.11 Å². The van der Waals surface area contributed by atoms with Crippen molar-refractivity contribution in [2.45, 2.75) is 12.8 Å². The van der Waals surface area contributed by atoms with Gasteiger partial charge in [-0.3, -0.25) is 9.59 Å². The van der Waals surface area contributed by atoms with Gasteiger partial charge in [-0.1, -0.05) is 0 Å². The number of aliphatic carboxylic acids is 1. The van der Waals surface area contributed by atoms with Crippen LogP contribution in [-0.4, -0.2) is 30.2 Å². The summed E-state index contributed by atoms with van der Waals surface area (Å²) in [6.07, 6.45) is -0.991. The fraction of sp³-hybridized carbons (Fsp3) is 0.500. The number of rotatable bonds is 3. The van der Waals surface area contributed by atoms with Crippen molar-refractivity contribution in [2.75, 3.05) is 7.11 Å². The first-order valence-corrected chi connectivity index (χ1v) is 3.23. The highest BCUT2D eigenvalue weighted by Gasteiger charge is 1.98. The summed E-state index contributed by atoms with van der Waals surface area (Å²) >= 11 is 0. The summed E-state index contributed by atoms with van der Waals surface area (Å²) in [6.45, 7) is 0. The molecule has 7 heteroatoms. The normalized spacial score (nSPS) is 7.77. The van der Waals surface area contributed by atoms with Crippen LogP contribution in [0.3, 0.4) is 0 Å². The molecule has 0 rings (SSSR count). The molecular weight excluding hydrogens is 180 g/mol. The fourth-order valence-electron chi connectivity index (χ4n) is 0.230. The molecule has 0 bridgehead atoms. The number of nitrogens with two attached hydrogens (primary N) is 2. The van der Waals surface area contributed by atoms with Crippen molar-refractivity contribution in [3.8, 4) is 0 Å². The standard InChI is InChI=1S/C4H7NO3.C2H5NO2/c5-3(6)1-2-4(7)8;1-5-2(3)4/h1-2H2,(H2,5,6)(H,7,8);1H3,(H2,3,4). The van der Waals surface area contributed by atoms with E-state index in [2.05, 4.69) is 16.2 Å². The second kappa shape index (κ2) is 8.31. The van der Waals surface area contributed by atoms with Crippen molar-refractivity contribution in [3.63, 3.8) is 0 Å². The van der Waals surface area contributed by atoms with Crippen molar-refractivity contribution in [1.29, 1.82) is 0 Å². The maximum absolute atomic E-state index is 9.86. The molecule has 0 unspecified atom stereocenters. The Morgan fingerprint density at radius 2 is 1.62 bits per heavy atom. The van der Waals surface area contributed by atoms with E-state index in [9.17, 15) is 14.4 Å². The molecule has 0 saturated carbocycles. The van der Waals surface area contributed by atoms with Crippen LogP contribution < -0.4 is 11.5 Å². The third-order valence-corrected chi connectivity index (χ3v) is 0.786. The maximum Gasteiger partial charge on any atom is 0.404 e. The number of primary amides is 2. The monoisotopic (exact) mass is 192 g/mol. The molecule has 0 atom stereocenters. The molecule has 0 spiro atoms. The molecule has 0 radical (unpaired) electrons. The van der Waals surface area contributed by atoms with E-state index < -0.39 is 18.0 Å². The summed E-state index contributed by atoms with van der Waals surface area (Å²) in [7, 11) is 1.22. The third-order valence-electron chi connectivity index (χ3n) is 0.786. The van der Waals surface area contributed by atoms with Gasteiger partial charge in [-0.15, -0.1) is 0 Å². The summed E-state index contributed by atoms with van der Waals surface area (Å²) in [5.74, 6) is -1.57. The molecule has 2 amide bonds. The highest BCUT2D eigenvalue weighted by Crippen LogP contribution is 1.84. The number of amides is 2. The highest BCUT2D eigenvalue weighted by atomic mass is 16.5. The summed E-state index contributed by atoms with van der Waals surface area (Å²) in [4.78, 5) is 28.9. The molecular formula is C6H12N2O5. The van der Waals surface area contributed by atoms with Gasteiger partial charge in [-0.25, -0.2) is 4.79 Å². The summed E-state index contributed by atoms with van der Waals surface area (Å²) < 4.78 is 3.89. The van der Waals surface area contributed by atoms with Crippen molar-refractivity contribution >= 4 is 18.0 Å². The van der Waals surface area contributed by atoms with Crippen molar-refractivity contribution < 1.29 is 24.2 Å². The second-order valence-electron chi connectivity index (χ2n) is 1.88. The van der Waals surface area contributed by atoms with Crippen LogP contribution >= 0.6 is 0 Å². The Morgan fingerprint density at radius 3 is 1.69 bits per heavy atom. The van der Waals surface area contributed by atoms with Crippen molar-refractivity contribution in [1.82, 2.24) is 0 Å². The minimum absolute atomic E-state index is 0.0741. The van der Waals surface area contributed by atoms with Gasteiger partial charge in [0.05, 0.1) is 13.5 Å². The largest absolute Gasteiger partial charge is 0.481 e. The molecule has 0 aromatic carbocycles. The third kappa shape index (κ3) is 25.4. The van der Waals surface area contributed by atoms with Gasteiger partial charge in [-0.05, 0) is 0 Å². The van der Waals surface area contributed by atoms with Crippen molar-refractivity contribution in [3.05, 3.63) is 0 Å². The molecule has 0 aliphatic carbocycles. The van der Waals surface area contributed by atoms with Crippen LogP contribution in [0.25, 0.3) is 0 Å². The van der Waals surface area contributed by atoms with Gasteiger partial charge in [0.2, 0.25) is 5.91 Å². The number of carbonyl (C=O) groups is 3. The Balaban J connectivity index is 0. The predicted molar refractivity (Wildman–Crippen MR) is 42.7 cm³/mol. The molecule has 0 saturated heterocycles. The predicted octanol–water partition coefficient (Wildman–Crippen LogP) is -0.952. The summed E-state index contributed by atoms with van der Waals surface area (Å²) in [6, 6.07) is 0. The van der Waals surface area contributed by atoms with Gasteiger partial charge >= 0.3 is 12.1 Å². The first-order chi connectivity index (χ1) is 5.90. The van der Waals surface area contributed by atoms with E-state index in [0.717, 1.165) is 0 Å². The molecule has 0 aliphatic heterocycles. The van der Waals surface area contributed by atoms with Gasteiger partial charge < -0.3 is 21.3 Å². The van der Waals surface area contributed by atoms with E-state index >= 15 is 0 Å². The SMILES string of the molecule is COC(N)=O.NC(=O)CCC(=O)O. The van der Waals surface area contributed by atoms with Crippen LogP contribution in [0.5, 0.6) is 0 Å². The number of carboxylic acid groups (broad SMARTS) is 1. The van der Waals surface area contributed by atoms with Crippen molar-refractivity contribution in [2.24, 2.45) is 11.5 Å². The Labute approximate surface area is 74.6 Å². The number of carbonyl (C=O) groups excluding carboxylic acids is 2. The minimum Gasteiger partial charge on any atom is -0.481 e. The Kier molecular flexibility index (Phi) is 8.80. The second-order valence-corrected chi connectivity index (χ2v) is 1.88. The number of hydrogen-bond acceptors (Lipinski definition) is 4. The van der Waals surface area contributed by atoms with Crippen LogP contribution in [0.1, 0.15) is 12.8 Å². The average molecular weight is 192 g/mol. The van der Waals surface area contributed by atoms with E-state index in [4.69, 9.17) is 5.11 Å². The van der Waals surface area contributed by atoms with Gasteiger partial charge in [0.1, 0.15) is 0 Å². The van der Waals surface area contributed by atoms with E-state index in [1.807, 2.05) is 0 Å². The van der Waals surface area contributed by atoms with Gasteiger partial charge in [-0.2, -0.15) is 0 Å². The molecule has 13 heavy (non-hydrogen) atoms. The zero-order chi connectivity index (χ0) is 10.9. The maximum atomic E-state index is 9.86. The molecule has 0 fully saturated rings. The van der Waals surface area contributed by atoms with E-state index in [1.54, 1.807) is 0 Å². The van der Waals surface area contributed by atoms with Crippen LogP contribution in [0.2, 0.25) is 0 Å². The topological polar surface area (TPSA) is 133 Å². The molecule has 7 nitrogen and oxygen atoms in total. The average Bonchev–Trinajstić information content (AvgIpc) is 2.02. The lowest BCUT2D eigenvalue weighted by atomic mass is 10.3. The Hall–Kier alpha value is -1.79. The van der Waals surface area contributed by atoms with E-state index in [-0.39, 0.29) is 12.8 Å². The van der Waals surface area contributed by atoms with Crippen LogP contribution in [0.15, 0.2) is 0 Å². The molecule has 0 heterocycles. The Bertz CT molecular complexity index is 177. The van der Waals surface area contributed by atoms with Gasteiger partial charge in [0.25, 0.3) is 0 Å². The van der Waals surface area contributed by atoms with Crippen LogP contribution in [-0.2, 0) is 14.3 Å². The molecule has 0 aromatic heterocycles. The smallest absolute Gasteiger partial charge is 0.404 e. The summed E-state index contributed by atoms with van der Waals surface area (Å²) in [5, 5.41) is 7.95. The molecule has 0 aliphatic rings. The number of hydrogen-bond donors (Lipinski definition) is 3.